The van der Waals surface area contributed by atoms with Gasteiger partial charge in [0.15, 0.2) is 5.76 Å². The van der Waals surface area contributed by atoms with E-state index in [-0.39, 0.29) is 5.91 Å². The van der Waals surface area contributed by atoms with Crippen molar-refractivity contribution in [2.45, 2.75) is 6.54 Å². The molecule has 1 amide bonds. The number of morpholine rings is 1. The van der Waals surface area contributed by atoms with Crippen LogP contribution in [0.3, 0.4) is 0 Å². The van der Waals surface area contributed by atoms with Gasteiger partial charge < -0.3 is 9.15 Å². The van der Waals surface area contributed by atoms with Gasteiger partial charge in [0.1, 0.15) is 5.76 Å². The number of carbonyl (C=O) groups is 1. The molecule has 6 nitrogen and oxygen atoms in total. The van der Waals surface area contributed by atoms with Crippen molar-refractivity contribution in [1.29, 1.82) is 0 Å². The standard InChI is InChI=1S/C12H18N2O4/c1-13(16-2)12(15)11-4-3-10(18-11)9-14-5-7-17-8-6-14/h3-4H,5-9H2,1-2H3. The molecule has 2 rings (SSSR count). The molecule has 1 aromatic rings. The lowest BCUT2D eigenvalue weighted by molar-refractivity contribution is -0.0774. The number of furan rings is 1. The third-order valence-electron chi connectivity index (χ3n) is 2.92. The average molecular weight is 254 g/mol. The zero-order valence-electron chi connectivity index (χ0n) is 10.7. The van der Waals surface area contributed by atoms with Crippen LogP contribution in [0.4, 0.5) is 0 Å². The molecule has 0 spiro atoms. The van der Waals surface area contributed by atoms with Crippen LogP contribution in [0.5, 0.6) is 0 Å². The summed E-state index contributed by atoms with van der Waals surface area (Å²) in [4.78, 5) is 18.8. The Bertz CT molecular complexity index is 399. The molecule has 0 aromatic carbocycles. The molecular formula is C12H18N2O4. The summed E-state index contributed by atoms with van der Waals surface area (Å²) < 4.78 is 10.8. The Balaban J connectivity index is 1.95. The zero-order valence-corrected chi connectivity index (χ0v) is 10.7. The first kappa shape index (κ1) is 13.1. The van der Waals surface area contributed by atoms with Crippen LogP contribution in [-0.4, -0.2) is 56.3 Å². The lowest BCUT2D eigenvalue weighted by Gasteiger charge is -2.25. The first-order chi connectivity index (χ1) is 8.70. The van der Waals surface area contributed by atoms with Crippen molar-refractivity contribution in [3.05, 3.63) is 23.7 Å². The molecule has 0 radical (unpaired) electrons. The van der Waals surface area contributed by atoms with Crippen LogP contribution in [0.25, 0.3) is 0 Å². The maximum absolute atomic E-state index is 11.8. The Labute approximate surface area is 106 Å². The molecule has 1 aliphatic rings. The first-order valence-corrected chi connectivity index (χ1v) is 5.91. The molecule has 1 aliphatic heterocycles. The molecule has 18 heavy (non-hydrogen) atoms. The summed E-state index contributed by atoms with van der Waals surface area (Å²) in [7, 11) is 2.99. The topological polar surface area (TPSA) is 55.2 Å². The van der Waals surface area contributed by atoms with Crippen molar-refractivity contribution in [2.24, 2.45) is 0 Å². The predicted molar refractivity (Wildman–Crippen MR) is 63.9 cm³/mol. The second kappa shape index (κ2) is 5.99. The van der Waals surface area contributed by atoms with Crippen molar-refractivity contribution in [3.8, 4) is 0 Å². The Hall–Kier alpha value is -1.37. The van der Waals surface area contributed by atoms with E-state index >= 15 is 0 Å². The Morgan fingerprint density at radius 2 is 2.17 bits per heavy atom. The highest BCUT2D eigenvalue weighted by Gasteiger charge is 2.17. The molecule has 2 heterocycles. The van der Waals surface area contributed by atoms with E-state index in [4.69, 9.17) is 14.0 Å². The molecule has 1 saturated heterocycles. The van der Waals surface area contributed by atoms with Gasteiger partial charge in [-0.25, -0.2) is 5.06 Å². The molecule has 0 saturated carbocycles. The Kier molecular flexibility index (Phi) is 4.35. The minimum absolute atomic E-state index is 0.286. The van der Waals surface area contributed by atoms with E-state index in [0.717, 1.165) is 37.1 Å². The van der Waals surface area contributed by atoms with Gasteiger partial charge in [0.2, 0.25) is 0 Å². The molecule has 0 aliphatic carbocycles. The summed E-state index contributed by atoms with van der Waals surface area (Å²) in [6.07, 6.45) is 0. The number of carbonyl (C=O) groups excluding carboxylic acids is 1. The van der Waals surface area contributed by atoms with E-state index in [1.54, 1.807) is 13.1 Å². The molecule has 0 bridgehead atoms. The molecular weight excluding hydrogens is 236 g/mol. The number of nitrogens with zero attached hydrogens (tertiary/aromatic N) is 2. The molecule has 6 heteroatoms. The Morgan fingerprint density at radius 3 is 2.83 bits per heavy atom. The normalized spacial score (nSPS) is 16.8. The monoisotopic (exact) mass is 254 g/mol. The van der Waals surface area contributed by atoms with Crippen LogP contribution >= 0.6 is 0 Å². The highest BCUT2D eigenvalue weighted by atomic mass is 16.7. The molecule has 0 atom stereocenters. The highest BCUT2D eigenvalue weighted by Crippen LogP contribution is 2.13. The summed E-state index contributed by atoms with van der Waals surface area (Å²) in [5, 5.41) is 1.14. The van der Waals surface area contributed by atoms with Crippen molar-refractivity contribution in [2.75, 3.05) is 40.5 Å². The number of rotatable bonds is 4. The van der Waals surface area contributed by atoms with Crippen LogP contribution in [0, 0.1) is 0 Å². The fourth-order valence-electron chi connectivity index (χ4n) is 1.80. The van der Waals surface area contributed by atoms with E-state index in [9.17, 15) is 4.79 Å². The van der Waals surface area contributed by atoms with Crippen LogP contribution < -0.4 is 0 Å². The molecule has 100 valence electrons. The quantitative estimate of drug-likeness (QED) is 0.742. The lowest BCUT2D eigenvalue weighted by Crippen LogP contribution is -2.35. The van der Waals surface area contributed by atoms with Gasteiger partial charge in [-0.05, 0) is 12.1 Å². The van der Waals surface area contributed by atoms with Gasteiger partial charge in [-0.15, -0.1) is 0 Å². The Morgan fingerprint density at radius 1 is 1.44 bits per heavy atom. The fourth-order valence-corrected chi connectivity index (χ4v) is 1.80. The SMILES string of the molecule is CON(C)C(=O)c1ccc(CN2CCOCC2)o1. The van der Waals surface area contributed by atoms with Crippen molar-refractivity contribution in [1.82, 2.24) is 9.96 Å². The van der Waals surface area contributed by atoms with E-state index in [0.29, 0.717) is 12.3 Å². The van der Waals surface area contributed by atoms with Crippen molar-refractivity contribution >= 4 is 5.91 Å². The third kappa shape index (κ3) is 3.10. The summed E-state index contributed by atoms with van der Waals surface area (Å²) in [6.45, 7) is 3.98. The van der Waals surface area contributed by atoms with Crippen LogP contribution in [0.2, 0.25) is 0 Å². The van der Waals surface area contributed by atoms with Crippen molar-refractivity contribution < 1.29 is 18.8 Å². The second-order valence-corrected chi connectivity index (χ2v) is 4.14. The van der Waals surface area contributed by atoms with Gasteiger partial charge in [-0.2, -0.15) is 0 Å². The van der Waals surface area contributed by atoms with Crippen LogP contribution in [-0.2, 0) is 16.1 Å². The minimum atomic E-state index is -0.286. The first-order valence-electron chi connectivity index (χ1n) is 5.91. The van der Waals surface area contributed by atoms with Crippen molar-refractivity contribution in [3.63, 3.8) is 0 Å². The highest BCUT2D eigenvalue weighted by molar-refractivity contribution is 5.90. The number of hydroxylamine groups is 2. The largest absolute Gasteiger partial charge is 0.454 e. The summed E-state index contributed by atoms with van der Waals surface area (Å²) in [6, 6.07) is 3.50. The van der Waals surface area contributed by atoms with Gasteiger partial charge in [0.25, 0.3) is 0 Å². The maximum Gasteiger partial charge on any atom is 0.312 e. The van der Waals surface area contributed by atoms with Gasteiger partial charge in [-0.3, -0.25) is 14.5 Å². The average Bonchev–Trinajstić information content (AvgIpc) is 2.86. The van der Waals surface area contributed by atoms with Gasteiger partial charge >= 0.3 is 5.91 Å². The fraction of sp³-hybridized carbons (Fsp3) is 0.583. The number of ether oxygens (including phenoxy) is 1. The third-order valence-corrected chi connectivity index (χ3v) is 2.92. The molecule has 1 fully saturated rings. The number of hydrogen-bond acceptors (Lipinski definition) is 5. The molecule has 0 N–H and O–H groups in total. The van der Waals surface area contributed by atoms with E-state index in [2.05, 4.69) is 4.90 Å². The molecule has 0 unspecified atom stereocenters. The van der Waals surface area contributed by atoms with Gasteiger partial charge in [0, 0.05) is 20.1 Å². The summed E-state index contributed by atoms with van der Waals surface area (Å²) in [5.74, 6) is 0.790. The number of hydrogen-bond donors (Lipinski definition) is 0. The second-order valence-electron chi connectivity index (χ2n) is 4.14. The van der Waals surface area contributed by atoms with E-state index in [1.165, 1.54) is 7.11 Å². The maximum atomic E-state index is 11.8. The minimum Gasteiger partial charge on any atom is -0.454 e. The zero-order chi connectivity index (χ0) is 13.0. The van der Waals surface area contributed by atoms with Gasteiger partial charge in [0.05, 0.1) is 26.9 Å². The number of amides is 1. The van der Waals surface area contributed by atoms with Crippen LogP contribution in [0.1, 0.15) is 16.3 Å². The van der Waals surface area contributed by atoms with E-state index in [1.807, 2.05) is 6.07 Å². The van der Waals surface area contributed by atoms with E-state index < -0.39 is 0 Å². The lowest BCUT2D eigenvalue weighted by atomic mass is 10.3. The molecule has 1 aromatic heterocycles. The van der Waals surface area contributed by atoms with Crippen LogP contribution in [0.15, 0.2) is 16.5 Å². The smallest absolute Gasteiger partial charge is 0.312 e. The predicted octanol–water partition coefficient (Wildman–Crippen LogP) is 0.745. The summed E-state index contributed by atoms with van der Waals surface area (Å²) >= 11 is 0. The van der Waals surface area contributed by atoms with Gasteiger partial charge in [-0.1, -0.05) is 0 Å². The summed E-state index contributed by atoms with van der Waals surface area (Å²) in [5.41, 5.74) is 0.